The number of carbonyl (C=O) groups excluding carboxylic acids is 2. The van der Waals surface area contributed by atoms with Gasteiger partial charge in [-0.25, -0.2) is 0 Å². The number of benzene rings is 2. The molecule has 1 aliphatic rings. The molecule has 1 heterocycles. The van der Waals surface area contributed by atoms with Crippen LogP contribution in [0.25, 0.3) is 5.76 Å². The van der Waals surface area contributed by atoms with Crippen molar-refractivity contribution in [1.29, 1.82) is 0 Å². The van der Waals surface area contributed by atoms with Crippen LogP contribution in [-0.2, 0) is 9.59 Å². The van der Waals surface area contributed by atoms with Gasteiger partial charge in [0.25, 0.3) is 11.7 Å². The van der Waals surface area contributed by atoms with Crippen molar-refractivity contribution >= 4 is 33.4 Å². The molecule has 7 heteroatoms. The first kappa shape index (κ1) is 24.7. The minimum Gasteiger partial charge on any atom is -0.507 e. The number of hydrogen-bond acceptors (Lipinski definition) is 5. The standard InChI is InChI=1S/C26H29BrN2O4/c1-4-17-33-21-13-9-18(10-14-21)23-22(24(30)19-7-11-20(27)12-8-19)25(31)26(32)29(23)16-15-28(5-2)6-3/h4,7-14,23,30H,1,5-6,15-17H2,2-3H3/b24-22+/t23-/m1/s1. The van der Waals surface area contributed by atoms with Gasteiger partial charge >= 0.3 is 0 Å². The molecule has 1 N–H and O–H groups in total. The Morgan fingerprint density at radius 1 is 1.12 bits per heavy atom. The lowest BCUT2D eigenvalue weighted by Gasteiger charge is -2.28. The zero-order valence-electron chi connectivity index (χ0n) is 19.0. The SMILES string of the molecule is C=CCOc1ccc([C@@H]2/C(=C(\O)c3ccc(Br)cc3)C(=O)C(=O)N2CCN(CC)CC)cc1. The van der Waals surface area contributed by atoms with E-state index in [0.717, 1.165) is 23.1 Å². The number of aliphatic hydroxyl groups is 1. The van der Waals surface area contributed by atoms with Crippen LogP contribution in [0, 0.1) is 0 Å². The lowest BCUT2D eigenvalue weighted by atomic mass is 9.95. The summed E-state index contributed by atoms with van der Waals surface area (Å²) in [5.41, 5.74) is 1.32. The quantitative estimate of drug-likeness (QED) is 0.214. The molecule has 0 unspecified atom stereocenters. The normalized spacial score (nSPS) is 17.6. The van der Waals surface area contributed by atoms with Crippen molar-refractivity contribution in [3.8, 4) is 5.75 Å². The molecule has 0 spiro atoms. The number of rotatable bonds is 10. The van der Waals surface area contributed by atoms with Crippen LogP contribution >= 0.6 is 15.9 Å². The molecule has 2 aromatic carbocycles. The predicted octanol–water partition coefficient (Wildman–Crippen LogP) is 4.78. The van der Waals surface area contributed by atoms with Crippen molar-refractivity contribution in [1.82, 2.24) is 9.80 Å². The topological polar surface area (TPSA) is 70.1 Å². The largest absolute Gasteiger partial charge is 0.507 e. The van der Waals surface area contributed by atoms with Gasteiger partial charge in [0.1, 0.15) is 18.1 Å². The molecule has 1 aliphatic heterocycles. The molecular formula is C26H29BrN2O4. The Bertz CT molecular complexity index is 1030. The number of ketones is 1. The van der Waals surface area contributed by atoms with Crippen molar-refractivity contribution in [3.63, 3.8) is 0 Å². The Morgan fingerprint density at radius 2 is 1.76 bits per heavy atom. The van der Waals surface area contributed by atoms with E-state index in [9.17, 15) is 14.7 Å². The molecule has 0 radical (unpaired) electrons. The lowest BCUT2D eigenvalue weighted by Crippen LogP contribution is -2.38. The summed E-state index contributed by atoms with van der Waals surface area (Å²) in [4.78, 5) is 29.9. The van der Waals surface area contributed by atoms with Gasteiger partial charge in [0.15, 0.2) is 0 Å². The number of aliphatic hydroxyl groups excluding tert-OH is 1. The van der Waals surface area contributed by atoms with Crippen LogP contribution < -0.4 is 4.74 Å². The molecule has 1 atom stereocenters. The van der Waals surface area contributed by atoms with E-state index in [-0.39, 0.29) is 11.3 Å². The summed E-state index contributed by atoms with van der Waals surface area (Å²) in [6.07, 6.45) is 1.66. The van der Waals surface area contributed by atoms with Crippen LogP contribution in [0.2, 0.25) is 0 Å². The van der Waals surface area contributed by atoms with Gasteiger partial charge in [-0.15, -0.1) is 0 Å². The highest BCUT2D eigenvalue weighted by atomic mass is 79.9. The van der Waals surface area contributed by atoms with Crippen LogP contribution in [0.15, 0.2) is 71.2 Å². The first-order valence-electron chi connectivity index (χ1n) is 11.0. The minimum absolute atomic E-state index is 0.0987. The van der Waals surface area contributed by atoms with Gasteiger partial charge in [-0.2, -0.15) is 0 Å². The van der Waals surface area contributed by atoms with E-state index < -0.39 is 17.7 Å². The van der Waals surface area contributed by atoms with Gasteiger partial charge in [0.05, 0.1) is 11.6 Å². The third-order valence-electron chi connectivity index (χ3n) is 5.77. The number of likely N-dealkylation sites (tertiary alicyclic amines) is 1. The second-order valence-corrected chi connectivity index (χ2v) is 8.61. The van der Waals surface area contributed by atoms with Crippen LogP contribution in [0.4, 0.5) is 0 Å². The minimum atomic E-state index is -0.683. The van der Waals surface area contributed by atoms with Crippen LogP contribution in [0.1, 0.15) is 31.0 Å². The fraction of sp³-hybridized carbons (Fsp3) is 0.308. The molecule has 0 aromatic heterocycles. The summed E-state index contributed by atoms with van der Waals surface area (Å²) in [7, 11) is 0. The Morgan fingerprint density at radius 3 is 2.33 bits per heavy atom. The highest BCUT2D eigenvalue weighted by Crippen LogP contribution is 2.39. The van der Waals surface area contributed by atoms with E-state index in [0.29, 0.717) is 31.0 Å². The van der Waals surface area contributed by atoms with E-state index in [1.54, 1.807) is 47.4 Å². The number of hydrogen-bond donors (Lipinski definition) is 1. The molecule has 1 fully saturated rings. The molecular weight excluding hydrogens is 484 g/mol. The summed E-state index contributed by atoms with van der Waals surface area (Å²) in [6.45, 7) is 10.9. The van der Waals surface area contributed by atoms with Crippen molar-refractivity contribution in [2.24, 2.45) is 0 Å². The molecule has 1 saturated heterocycles. The third-order valence-corrected chi connectivity index (χ3v) is 6.30. The summed E-state index contributed by atoms with van der Waals surface area (Å²) < 4.78 is 6.42. The highest BCUT2D eigenvalue weighted by Gasteiger charge is 2.45. The first-order valence-corrected chi connectivity index (χ1v) is 11.8. The van der Waals surface area contributed by atoms with Gasteiger partial charge in [-0.3, -0.25) is 9.59 Å². The van der Waals surface area contributed by atoms with E-state index in [4.69, 9.17) is 4.74 Å². The number of ether oxygens (including phenoxy) is 1. The van der Waals surface area contributed by atoms with Crippen LogP contribution in [0.5, 0.6) is 5.75 Å². The number of halogens is 1. The lowest BCUT2D eigenvalue weighted by molar-refractivity contribution is -0.140. The average Bonchev–Trinajstić information content (AvgIpc) is 3.08. The van der Waals surface area contributed by atoms with Crippen LogP contribution in [-0.4, -0.2) is 59.4 Å². The summed E-state index contributed by atoms with van der Waals surface area (Å²) >= 11 is 3.38. The Balaban J connectivity index is 2.05. The smallest absolute Gasteiger partial charge is 0.295 e. The predicted molar refractivity (Wildman–Crippen MR) is 133 cm³/mol. The molecule has 0 bridgehead atoms. The third kappa shape index (κ3) is 5.54. The summed E-state index contributed by atoms with van der Waals surface area (Å²) in [6, 6.07) is 13.6. The second-order valence-electron chi connectivity index (χ2n) is 7.69. The second kappa shape index (κ2) is 11.3. The molecule has 33 heavy (non-hydrogen) atoms. The fourth-order valence-electron chi connectivity index (χ4n) is 3.91. The Kier molecular flexibility index (Phi) is 8.47. The number of nitrogens with zero attached hydrogens (tertiary/aromatic N) is 2. The molecule has 3 rings (SSSR count). The average molecular weight is 513 g/mol. The number of Topliss-reactive ketones (excluding diaryl/α,β-unsaturated/α-hetero) is 1. The summed E-state index contributed by atoms with van der Waals surface area (Å²) in [5, 5.41) is 11.1. The number of likely N-dealkylation sites (N-methyl/N-ethyl adjacent to an activating group) is 1. The summed E-state index contributed by atoms with van der Waals surface area (Å²) in [5.74, 6) is -0.792. The van der Waals surface area contributed by atoms with Gasteiger partial charge in [0, 0.05) is 23.1 Å². The maximum atomic E-state index is 13.1. The van der Waals surface area contributed by atoms with Gasteiger partial charge in [-0.05, 0) is 42.9 Å². The van der Waals surface area contributed by atoms with Gasteiger partial charge < -0.3 is 19.6 Å². The van der Waals surface area contributed by atoms with Crippen molar-refractivity contribution < 1.29 is 19.4 Å². The van der Waals surface area contributed by atoms with Crippen molar-refractivity contribution in [3.05, 3.63) is 82.4 Å². The monoisotopic (exact) mass is 512 g/mol. The van der Waals surface area contributed by atoms with E-state index in [1.807, 2.05) is 12.1 Å². The van der Waals surface area contributed by atoms with E-state index in [1.165, 1.54) is 0 Å². The maximum Gasteiger partial charge on any atom is 0.295 e. The van der Waals surface area contributed by atoms with Crippen molar-refractivity contribution in [2.75, 3.05) is 32.8 Å². The number of carbonyl (C=O) groups is 2. The molecule has 174 valence electrons. The molecule has 6 nitrogen and oxygen atoms in total. The Hall–Kier alpha value is -2.90. The van der Waals surface area contributed by atoms with Gasteiger partial charge in [-0.1, -0.05) is 66.7 Å². The van der Waals surface area contributed by atoms with E-state index in [2.05, 4.69) is 41.3 Å². The van der Waals surface area contributed by atoms with Crippen LogP contribution in [0.3, 0.4) is 0 Å². The molecule has 0 aliphatic carbocycles. The molecule has 0 saturated carbocycles. The van der Waals surface area contributed by atoms with Crippen molar-refractivity contribution in [2.45, 2.75) is 19.9 Å². The number of amides is 1. The fourth-order valence-corrected chi connectivity index (χ4v) is 4.18. The zero-order chi connectivity index (χ0) is 24.0. The van der Waals surface area contributed by atoms with E-state index >= 15 is 0 Å². The Labute approximate surface area is 203 Å². The van der Waals surface area contributed by atoms with Gasteiger partial charge in [0.2, 0.25) is 0 Å². The molecule has 1 amide bonds. The highest BCUT2D eigenvalue weighted by molar-refractivity contribution is 9.10. The zero-order valence-corrected chi connectivity index (χ0v) is 20.5. The maximum absolute atomic E-state index is 13.1. The first-order chi connectivity index (χ1) is 15.9. The molecule has 2 aromatic rings.